The van der Waals surface area contributed by atoms with Crippen molar-refractivity contribution >= 4 is 17.9 Å². The third kappa shape index (κ3) is 5.43. The number of nitrogens with one attached hydrogen (secondary N) is 2. The van der Waals surface area contributed by atoms with Crippen LogP contribution in [-0.2, 0) is 9.59 Å². The number of ether oxygens (including phenoxy) is 1. The molecule has 5 nitrogen and oxygen atoms in total. The topological polar surface area (TPSA) is 67.4 Å². The second-order valence-corrected chi connectivity index (χ2v) is 5.62. The summed E-state index contributed by atoms with van der Waals surface area (Å²) in [7, 11) is 0. The molecule has 2 amide bonds. The summed E-state index contributed by atoms with van der Waals surface area (Å²) in [5, 5.41) is 0. The molecule has 0 bridgehead atoms. The van der Waals surface area contributed by atoms with Gasteiger partial charge in [-0.2, -0.15) is 0 Å². The maximum atomic E-state index is 11.9. The Kier molecular flexibility index (Phi) is 6.66. The van der Waals surface area contributed by atoms with Crippen LogP contribution in [0, 0.1) is 5.92 Å². The monoisotopic (exact) mass is 316 g/mol. The van der Waals surface area contributed by atoms with Crippen molar-refractivity contribution in [2.75, 3.05) is 6.61 Å². The zero-order valence-electron chi connectivity index (χ0n) is 13.5. The van der Waals surface area contributed by atoms with Crippen LogP contribution in [0.1, 0.15) is 44.6 Å². The van der Waals surface area contributed by atoms with E-state index in [4.69, 9.17) is 4.74 Å². The summed E-state index contributed by atoms with van der Waals surface area (Å²) in [5.74, 6) is 0.290. The summed E-state index contributed by atoms with van der Waals surface area (Å²) in [5.41, 5.74) is 5.76. The molecule has 0 heterocycles. The van der Waals surface area contributed by atoms with E-state index in [9.17, 15) is 9.59 Å². The number of carbonyl (C=O) groups excluding carboxylic acids is 2. The van der Waals surface area contributed by atoms with E-state index in [1.54, 1.807) is 6.08 Å². The van der Waals surface area contributed by atoms with Crippen molar-refractivity contribution in [3.63, 3.8) is 0 Å². The highest BCUT2D eigenvalue weighted by molar-refractivity contribution is 5.93. The first-order valence-electron chi connectivity index (χ1n) is 8.20. The van der Waals surface area contributed by atoms with Gasteiger partial charge in [-0.25, -0.2) is 0 Å². The molecule has 0 aliphatic heterocycles. The predicted octanol–water partition coefficient (Wildman–Crippen LogP) is 2.83. The van der Waals surface area contributed by atoms with Crippen LogP contribution in [0.15, 0.2) is 30.3 Å². The number of rotatable bonds is 5. The molecule has 0 saturated heterocycles. The van der Waals surface area contributed by atoms with Crippen molar-refractivity contribution in [1.82, 2.24) is 10.9 Å². The molecule has 1 aliphatic carbocycles. The normalized spacial score (nSPS) is 15.3. The predicted molar refractivity (Wildman–Crippen MR) is 89.5 cm³/mol. The average Bonchev–Trinajstić information content (AvgIpc) is 2.60. The molecule has 1 saturated carbocycles. The fraction of sp³-hybridized carbons (Fsp3) is 0.444. The number of hydrogen-bond donors (Lipinski definition) is 2. The van der Waals surface area contributed by atoms with Crippen LogP contribution in [0.4, 0.5) is 0 Å². The van der Waals surface area contributed by atoms with Crippen molar-refractivity contribution in [3.8, 4) is 5.75 Å². The summed E-state index contributed by atoms with van der Waals surface area (Å²) in [6, 6.07) is 7.49. The van der Waals surface area contributed by atoms with Gasteiger partial charge >= 0.3 is 0 Å². The van der Waals surface area contributed by atoms with Crippen molar-refractivity contribution in [2.45, 2.75) is 39.0 Å². The van der Waals surface area contributed by atoms with Gasteiger partial charge < -0.3 is 4.74 Å². The number of hydrazine groups is 1. The summed E-state index contributed by atoms with van der Waals surface area (Å²) in [6.45, 7) is 2.47. The first-order chi connectivity index (χ1) is 11.2. The lowest BCUT2D eigenvalue weighted by Gasteiger charge is -2.20. The fourth-order valence-electron chi connectivity index (χ4n) is 2.70. The molecule has 2 N–H and O–H groups in total. The van der Waals surface area contributed by atoms with E-state index in [1.165, 1.54) is 12.5 Å². The maximum absolute atomic E-state index is 11.9. The number of para-hydroxylation sites is 1. The van der Waals surface area contributed by atoms with Gasteiger partial charge in [0.2, 0.25) is 5.91 Å². The van der Waals surface area contributed by atoms with Gasteiger partial charge in [0, 0.05) is 17.6 Å². The Morgan fingerprint density at radius 3 is 2.65 bits per heavy atom. The third-order valence-corrected chi connectivity index (χ3v) is 3.92. The van der Waals surface area contributed by atoms with Crippen LogP contribution in [-0.4, -0.2) is 18.4 Å². The van der Waals surface area contributed by atoms with Gasteiger partial charge in [0.05, 0.1) is 6.61 Å². The molecule has 0 unspecified atom stereocenters. The highest BCUT2D eigenvalue weighted by Crippen LogP contribution is 2.23. The van der Waals surface area contributed by atoms with Gasteiger partial charge in [0.15, 0.2) is 0 Å². The number of amides is 2. The Morgan fingerprint density at radius 2 is 1.91 bits per heavy atom. The van der Waals surface area contributed by atoms with Crippen molar-refractivity contribution in [2.24, 2.45) is 5.92 Å². The van der Waals surface area contributed by atoms with Gasteiger partial charge in [-0.15, -0.1) is 0 Å². The summed E-state index contributed by atoms with van der Waals surface area (Å²) >= 11 is 0. The molecule has 5 heteroatoms. The largest absolute Gasteiger partial charge is 0.493 e. The summed E-state index contributed by atoms with van der Waals surface area (Å²) in [4.78, 5) is 23.8. The second-order valence-electron chi connectivity index (χ2n) is 5.62. The molecule has 1 aliphatic rings. The SMILES string of the molecule is CCOc1ccccc1/C=C/C(=O)NNC(=O)C1CCCCC1. The highest BCUT2D eigenvalue weighted by atomic mass is 16.5. The molecule has 1 fully saturated rings. The van der Waals surface area contributed by atoms with E-state index in [2.05, 4.69) is 10.9 Å². The van der Waals surface area contributed by atoms with Crippen LogP contribution >= 0.6 is 0 Å². The van der Waals surface area contributed by atoms with Crippen molar-refractivity contribution in [3.05, 3.63) is 35.9 Å². The minimum atomic E-state index is -0.361. The van der Waals surface area contributed by atoms with Gasteiger partial charge in [0.25, 0.3) is 5.91 Å². The molecular weight excluding hydrogens is 292 g/mol. The minimum absolute atomic E-state index is 0.0201. The smallest absolute Gasteiger partial charge is 0.262 e. The Hall–Kier alpha value is -2.30. The first kappa shape index (κ1) is 17.1. The Labute approximate surface area is 137 Å². The quantitative estimate of drug-likeness (QED) is 0.648. The Morgan fingerprint density at radius 1 is 1.17 bits per heavy atom. The van der Waals surface area contributed by atoms with Crippen LogP contribution in [0.5, 0.6) is 5.75 Å². The lowest BCUT2D eigenvalue weighted by atomic mass is 9.89. The standard InChI is InChI=1S/C18H24N2O3/c1-2-23-16-11-7-6-8-14(16)12-13-17(21)19-20-18(22)15-9-4-3-5-10-15/h6-8,11-13,15H,2-5,9-10H2,1H3,(H,19,21)(H,20,22)/b13-12+. The molecular formula is C18H24N2O3. The molecule has 1 aromatic rings. The van der Waals surface area contributed by atoms with Crippen molar-refractivity contribution < 1.29 is 14.3 Å². The maximum Gasteiger partial charge on any atom is 0.262 e. The van der Waals surface area contributed by atoms with Gasteiger partial charge in [-0.1, -0.05) is 37.5 Å². The minimum Gasteiger partial charge on any atom is -0.493 e. The number of carbonyl (C=O) groups is 2. The molecule has 0 radical (unpaired) electrons. The second kappa shape index (κ2) is 8.98. The van der Waals surface area contributed by atoms with Crippen LogP contribution in [0.2, 0.25) is 0 Å². The van der Waals surface area contributed by atoms with E-state index >= 15 is 0 Å². The van der Waals surface area contributed by atoms with Gasteiger partial charge in [-0.05, 0) is 31.9 Å². The first-order valence-corrected chi connectivity index (χ1v) is 8.20. The average molecular weight is 316 g/mol. The van der Waals surface area contributed by atoms with E-state index < -0.39 is 0 Å². The molecule has 23 heavy (non-hydrogen) atoms. The van der Waals surface area contributed by atoms with Crippen LogP contribution < -0.4 is 15.6 Å². The molecule has 0 aromatic heterocycles. The van der Waals surface area contributed by atoms with E-state index in [0.29, 0.717) is 6.61 Å². The summed E-state index contributed by atoms with van der Waals surface area (Å²) < 4.78 is 5.49. The molecule has 0 atom stereocenters. The zero-order chi connectivity index (χ0) is 16.5. The lowest BCUT2D eigenvalue weighted by Crippen LogP contribution is -2.44. The van der Waals surface area contributed by atoms with E-state index in [-0.39, 0.29) is 17.7 Å². The fourth-order valence-corrected chi connectivity index (χ4v) is 2.70. The van der Waals surface area contributed by atoms with E-state index in [1.807, 2.05) is 31.2 Å². The van der Waals surface area contributed by atoms with Gasteiger partial charge in [-0.3, -0.25) is 20.4 Å². The van der Waals surface area contributed by atoms with Crippen LogP contribution in [0.25, 0.3) is 6.08 Å². The Bertz CT molecular complexity index is 563. The number of hydrogen-bond acceptors (Lipinski definition) is 3. The number of benzene rings is 1. The molecule has 124 valence electrons. The molecule has 0 spiro atoms. The third-order valence-electron chi connectivity index (χ3n) is 3.92. The van der Waals surface area contributed by atoms with E-state index in [0.717, 1.165) is 37.0 Å². The van der Waals surface area contributed by atoms with Gasteiger partial charge in [0.1, 0.15) is 5.75 Å². The lowest BCUT2D eigenvalue weighted by molar-refractivity contribution is -0.130. The van der Waals surface area contributed by atoms with Crippen molar-refractivity contribution in [1.29, 1.82) is 0 Å². The Balaban J connectivity index is 1.83. The molecule has 1 aromatic carbocycles. The molecule has 2 rings (SSSR count). The van der Waals surface area contributed by atoms with Crippen LogP contribution in [0.3, 0.4) is 0 Å². The highest BCUT2D eigenvalue weighted by Gasteiger charge is 2.20. The zero-order valence-corrected chi connectivity index (χ0v) is 13.5. The summed E-state index contributed by atoms with van der Waals surface area (Å²) in [6.07, 6.45) is 8.23.